The fraction of sp³-hybridized carbons (Fsp3) is 0.233. The summed E-state index contributed by atoms with van der Waals surface area (Å²) in [5.41, 5.74) is 1.45. The highest BCUT2D eigenvalue weighted by Gasteiger charge is 2.20. The SMILES string of the molecule is O=C(O)CCCCCCCOc1ccc(NC(=O)c2c(O)c3cc(-c4ccc(Cl)cc4)ccc3[nH]c2=O)cc1. The smallest absolute Gasteiger partial charge is 0.303 e. The van der Waals surface area contributed by atoms with Crippen molar-refractivity contribution < 1.29 is 24.5 Å². The molecule has 8 nitrogen and oxygen atoms in total. The Hall–Kier alpha value is -4.30. The van der Waals surface area contributed by atoms with E-state index in [2.05, 4.69) is 10.3 Å². The van der Waals surface area contributed by atoms with Crippen LogP contribution in [0.4, 0.5) is 5.69 Å². The molecule has 1 aromatic heterocycles. The molecule has 202 valence electrons. The number of carboxylic acid groups (broad SMARTS) is 1. The lowest BCUT2D eigenvalue weighted by atomic mass is 10.0. The van der Waals surface area contributed by atoms with Crippen molar-refractivity contribution in [3.8, 4) is 22.6 Å². The standard InChI is InChI=1S/C30H29ClN2O6/c31-21-10-7-19(8-11-21)20-9-16-25-24(18-20)28(36)27(30(38)33-25)29(37)32-22-12-14-23(15-13-22)39-17-5-3-1-2-4-6-26(34)35/h7-16,18H,1-6,17H2,(H,32,37)(H,34,35)(H2,33,36,38). The molecule has 0 bridgehead atoms. The van der Waals surface area contributed by atoms with E-state index in [0.717, 1.165) is 36.8 Å². The number of hydrogen-bond acceptors (Lipinski definition) is 5. The lowest BCUT2D eigenvalue weighted by molar-refractivity contribution is -0.137. The molecule has 9 heteroatoms. The number of halogens is 1. The van der Waals surface area contributed by atoms with Gasteiger partial charge in [-0.2, -0.15) is 0 Å². The Labute approximate surface area is 230 Å². The Morgan fingerprint density at radius 3 is 2.26 bits per heavy atom. The number of ether oxygens (including phenoxy) is 1. The van der Waals surface area contributed by atoms with Crippen LogP contribution in [0.25, 0.3) is 22.0 Å². The minimum Gasteiger partial charge on any atom is -0.506 e. The van der Waals surface area contributed by atoms with Gasteiger partial charge in [0.05, 0.1) is 12.1 Å². The molecule has 4 aromatic rings. The number of unbranched alkanes of at least 4 members (excludes halogenated alkanes) is 4. The highest BCUT2D eigenvalue weighted by atomic mass is 35.5. The van der Waals surface area contributed by atoms with Gasteiger partial charge in [-0.1, -0.05) is 49.1 Å². The van der Waals surface area contributed by atoms with E-state index in [4.69, 9.17) is 21.4 Å². The zero-order valence-corrected chi connectivity index (χ0v) is 22.0. The number of aliphatic carboxylic acids is 1. The third-order valence-electron chi connectivity index (χ3n) is 6.31. The van der Waals surface area contributed by atoms with Gasteiger partial charge in [0.1, 0.15) is 17.1 Å². The summed E-state index contributed by atoms with van der Waals surface area (Å²) in [7, 11) is 0. The maximum atomic E-state index is 13.0. The first kappa shape index (κ1) is 27.7. The number of rotatable bonds is 12. The first-order chi connectivity index (χ1) is 18.8. The van der Waals surface area contributed by atoms with Crippen molar-refractivity contribution in [2.75, 3.05) is 11.9 Å². The van der Waals surface area contributed by atoms with Crippen LogP contribution in [-0.4, -0.2) is 33.7 Å². The van der Waals surface area contributed by atoms with Crippen LogP contribution in [-0.2, 0) is 4.79 Å². The first-order valence-electron chi connectivity index (χ1n) is 12.7. The van der Waals surface area contributed by atoms with Crippen LogP contribution in [0.15, 0.2) is 71.5 Å². The van der Waals surface area contributed by atoms with Gasteiger partial charge < -0.3 is 25.3 Å². The second-order valence-corrected chi connectivity index (χ2v) is 9.62. The molecule has 0 fully saturated rings. The van der Waals surface area contributed by atoms with E-state index >= 15 is 0 Å². The monoisotopic (exact) mass is 548 g/mol. The molecular weight excluding hydrogens is 520 g/mol. The lowest BCUT2D eigenvalue weighted by Crippen LogP contribution is -2.23. The van der Waals surface area contributed by atoms with Gasteiger partial charge >= 0.3 is 5.97 Å². The molecule has 1 amide bonds. The second kappa shape index (κ2) is 13.0. The molecule has 0 aliphatic carbocycles. The average Bonchev–Trinajstić information content (AvgIpc) is 2.91. The summed E-state index contributed by atoms with van der Waals surface area (Å²) >= 11 is 5.98. The summed E-state index contributed by atoms with van der Waals surface area (Å²) in [6.45, 7) is 0.531. The van der Waals surface area contributed by atoms with E-state index in [1.54, 1.807) is 48.5 Å². The van der Waals surface area contributed by atoms with Crippen molar-refractivity contribution in [3.63, 3.8) is 0 Å². The summed E-state index contributed by atoms with van der Waals surface area (Å²) in [6, 6.07) is 19.2. The molecule has 4 rings (SSSR count). The lowest BCUT2D eigenvalue weighted by Gasteiger charge is -2.11. The summed E-state index contributed by atoms with van der Waals surface area (Å²) in [6.07, 6.45) is 4.56. The molecule has 0 unspecified atom stereocenters. The Bertz CT molecular complexity index is 1510. The largest absolute Gasteiger partial charge is 0.506 e. The van der Waals surface area contributed by atoms with Gasteiger partial charge in [0.2, 0.25) is 0 Å². The van der Waals surface area contributed by atoms with E-state index in [-0.39, 0.29) is 12.0 Å². The number of pyridine rings is 1. The number of carboxylic acids is 1. The topological polar surface area (TPSA) is 129 Å². The van der Waals surface area contributed by atoms with Crippen LogP contribution in [0, 0.1) is 0 Å². The minimum absolute atomic E-state index is 0.208. The number of carbonyl (C=O) groups is 2. The minimum atomic E-state index is -0.761. The van der Waals surface area contributed by atoms with Crippen LogP contribution in [0.2, 0.25) is 5.02 Å². The highest BCUT2D eigenvalue weighted by molar-refractivity contribution is 6.30. The van der Waals surface area contributed by atoms with Gasteiger partial charge in [0.15, 0.2) is 0 Å². The number of hydrogen-bond donors (Lipinski definition) is 4. The Morgan fingerprint density at radius 2 is 1.54 bits per heavy atom. The number of aromatic hydroxyl groups is 1. The predicted molar refractivity (Wildman–Crippen MR) is 152 cm³/mol. The summed E-state index contributed by atoms with van der Waals surface area (Å²) in [4.78, 5) is 38.8. The molecule has 0 radical (unpaired) electrons. The molecular formula is C30H29ClN2O6. The maximum absolute atomic E-state index is 13.0. The number of H-pyrrole nitrogens is 1. The van der Waals surface area contributed by atoms with E-state index < -0.39 is 23.2 Å². The van der Waals surface area contributed by atoms with Crippen LogP contribution in [0.3, 0.4) is 0 Å². The van der Waals surface area contributed by atoms with Crippen LogP contribution in [0.1, 0.15) is 48.9 Å². The van der Waals surface area contributed by atoms with E-state index in [1.807, 2.05) is 18.2 Å². The van der Waals surface area contributed by atoms with Gasteiger partial charge in [-0.25, -0.2) is 0 Å². The first-order valence-corrected chi connectivity index (χ1v) is 13.1. The number of anilines is 1. The summed E-state index contributed by atoms with van der Waals surface area (Å²) < 4.78 is 5.73. The number of aromatic nitrogens is 1. The zero-order chi connectivity index (χ0) is 27.8. The zero-order valence-electron chi connectivity index (χ0n) is 21.2. The van der Waals surface area contributed by atoms with Gasteiger partial charge in [-0.05, 0) is 72.5 Å². The van der Waals surface area contributed by atoms with Crippen LogP contribution >= 0.6 is 11.6 Å². The molecule has 3 aromatic carbocycles. The van der Waals surface area contributed by atoms with Crippen LogP contribution < -0.4 is 15.6 Å². The van der Waals surface area contributed by atoms with Crippen molar-refractivity contribution in [2.24, 2.45) is 0 Å². The third-order valence-corrected chi connectivity index (χ3v) is 6.56. The molecule has 0 saturated carbocycles. The fourth-order valence-electron chi connectivity index (χ4n) is 4.24. The van der Waals surface area contributed by atoms with Crippen LogP contribution in [0.5, 0.6) is 11.5 Å². The van der Waals surface area contributed by atoms with Crippen molar-refractivity contribution in [2.45, 2.75) is 38.5 Å². The number of carbonyl (C=O) groups excluding carboxylic acids is 1. The maximum Gasteiger partial charge on any atom is 0.303 e. The number of amides is 1. The van der Waals surface area contributed by atoms with Crippen molar-refractivity contribution >= 4 is 40.1 Å². The fourth-order valence-corrected chi connectivity index (χ4v) is 4.36. The van der Waals surface area contributed by atoms with Crippen molar-refractivity contribution in [3.05, 3.63) is 87.7 Å². The quantitative estimate of drug-likeness (QED) is 0.147. The third kappa shape index (κ3) is 7.39. The molecule has 0 atom stereocenters. The molecule has 0 aliphatic heterocycles. The number of fused-ring (bicyclic) bond motifs is 1. The van der Waals surface area contributed by atoms with Crippen molar-refractivity contribution in [1.82, 2.24) is 4.98 Å². The van der Waals surface area contributed by atoms with E-state index in [0.29, 0.717) is 40.4 Å². The van der Waals surface area contributed by atoms with Crippen molar-refractivity contribution in [1.29, 1.82) is 0 Å². The second-order valence-electron chi connectivity index (χ2n) is 9.18. The Kier molecular flexibility index (Phi) is 9.22. The molecule has 39 heavy (non-hydrogen) atoms. The molecule has 0 aliphatic rings. The van der Waals surface area contributed by atoms with Gasteiger partial charge in [-0.3, -0.25) is 14.4 Å². The van der Waals surface area contributed by atoms with Gasteiger partial charge in [-0.15, -0.1) is 0 Å². The number of aromatic amines is 1. The Morgan fingerprint density at radius 1 is 0.872 bits per heavy atom. The summed E-state index contributed by atoms with van der Waals surface area (Å²) in [5, 5.41) is 23.2. The highest BCUT2D eigenvalue weighted by Crippen LogP contribution is 2.31. The van der Waals surface area contributed by atoms with E-state index in [9.17, 15) is 19.5 Å². The average molecular weight is 549 g/mol. The Balaban J connectivity index is 1.38. The number of nitrogens with one attached hydrogen (secondary N) is 2. The van der Waals surface area contributed by atoms with Gasteiger partial charge in [0.25, 0.3) is 11.5 Å². The summed E-state index contributed by atoms with van der Waals surface area (Å²) in [5.74, 6) is -1.25. The van der Waals surface area contributed by atoms with E-state index in [1.165, 1.54) is 0 Å². The molecule has 0 saturated heterocycles. The molecule has 4 N–H and O–H groups in total. The number of benzene rings is 3. The normalized spacial score (nSPS) is 10.9. The van der Waals surface area contributed by atoms with Gasteiger partial charge in [0, 0.05) is 22.5 Å². The molecule has 1 heterocycles. The molecule has 0 spiro atoms. The predicted octanol–water partition coefficient (Wildman–Crippen LogP) is 6.61.